The van der Waals surface area contributed by atoms with E-state index in [9.17, 15) is 0 Å². The first-order valence-corrected chi connectivity index (χ1v) is 14.2. The number of benzene rings is 2. The molecule has 2 bridgehead atoms. The first-order chi connectivity index (χ1) is 18.1. The van der Waals surface area contributed by atoms with Gasteiger partial charge >= 0.3 is 0 Å². The number of amidine groups is 1. The third-order valence-electron chi connectivity index (χ3n) is 8.49. The summed E-state index contributed by atoms with van der Waals surface area (Å²) in [5.74, 6) is 1.23. The molecule has 8 heteroatoms. The number of hydrogen-bond acceptors (Lipinski definition) is 7. The normalized spacial score (nSPS) is 27.4. The molecule has 0 aliphatic carbocycles. The molecule has 5 aliphatic rings. The number of aliphatic imine (C=N–C) groups is 1. The zero-order valence-corrected chi connectivity index (χ0v) is 22.8. The molecule has 7 nitrogen and oxygen atoms in total. The third-order valence-corrected chi connectivity index (χ3v) is 8.82. The Bertz CT molecular complexity index is 1180. The summed E-state index contributed by atoms with van der Waals surface area (Å²) in [5.41, 5.74) is 2.64. The van der Waals surface area contributed by atoms with Crippen LogP contribution in [-0.4, -0.2) is 87.4 Å². The highest BCUT2D eigenvalue weighted by Gasteiger charge is 2.38. The lowest BCUT2D eigenvalue weighted by atomic mass is 9.95. The summed E-state index contributed by atoms with van der Waals surface area (Å²) >= 11 is 6.47. The molecule has 0 aromatic heterocycles. The number of hydrogen-bond donors (Lipinski definition) is 2. The fourth-order valence-corrected chi connectivity index (χ4v) is 6.81. The van der Waals surface area contributed by atoms with E-state index in [-0.39, 0.29) is 6.04 Å². The van der Waals surface area contributed by atoms with Crippen LogP contribution in [0.3, 0.4) is 0 Å². The highest BCUT2D eigenvalue weighted by atomic mass is 35.5. The molecule has 0 radical (unpaired) electrons. The molecule has 2 aromatic rings. The Hall–Kier alpha value is -2.48. The van der Waals surface area contributed by atoms with Crippen molar-refractivity contribution >= 4 is 34.1 Å². The van der Waals surface area contributed by atoms with Crippen molar-refractivity contribution in [1.82, 2.24) is 20.4 Å². The van der Waals surface area contributed by atoms with E-state index in [0.717, 1.165) is 43.0 Å². The number of piperazine rings is 1. The number of piperidine rings is 1. The lowest BCUT2D eigenvalue weighted by Gasteiger charge is -2.43. The van der Waals surface area contributed by atoms with Crippen molar-refractivity contribution in [3.8, 4) is 0 Å². The molecular formula is C29H39ClN6O. The van der Waals surface area contributed by atoms with Gasteiger partial charge < -0.3 is 24.8 Å². The highest BCUT2D eigenvalue weighted by molar-refractivity contribution is 6.35. The maximum absolute atomic E-state index is 6.47. The summed E-state index contributed by atoms with van der Waals surface area (Å²) in [6.45, 7) is 6.56. The summed E-state index contributed by atoms with van der Waals surface area (Å²) in [4.78, 5) is 12.3. The molecule has 5 heterocycles. The van der Waals surface area contributed by atoms with Gasteiger partial charge in [0.1, 0.15) is 5.82 Å². The summed E-state index contributed by atoms with van der Waals surface area (Å²) in [6, 6.07) is 14.5. The van der Waals surface area contributed by atoms with Crippen LogP contribution in [0, 0.1) is 0 Å². The van der Waals surface area contributed by atoms with Crippen LogP contribution in [-0.2, 0) is 4.74 Å². The lowest BCUT2D eigenvalue weighted by Crippen LogP contribution is -2.55. The second kappa shape index (κ2) is 10.7. The van der Waals surface area contributed by atoms with Crippen LogP contribution in [0.4, 0.5) is 5.69 Å². The van der Waals surface area contributed by atoms with Crippen LogP contribution >= 0.6 is 11.6 Å². The number of likely N-dealkylation sites (tertiary alicyclic amines) is 2. The Morgan fingerprint density at radius 3 is 2.35 bits per heavy atom. The number of fused-ring (bicyclic) bond motifs is 4. The molecule has 4 saturated heterocycles. The van der Waals surface area contributed by atoms with Crippen LogP contribution in [0.25, 0.3) is 10.8 Å². The molecular weight excluding hydrogens is 484 g/mol. The number of methoxy groups -OCH3 is 1. The monoisotopic (exact) mass is 522 g/mol. The van der Waals surface area contributed by atoms with Gasteiger partial charge in [0.15, 0.2) is 0 Å². The number of rotatable bonds is 2. The summed E-state index contributed by atoms with van der Waals surface area (Å²) in [5, 5.41) is 10.3. The van der Waals surface area contributed by atoms with Crippen molar-refractivity contribution in [2.45, 2.75) is 50.2 Å². The fraction of sp³-hybridized carbons (Fsp3) is 0.552. The molecule has 4 fully saturated rings. The highest BCUT2D eigenvalue weighted by Crippen LogP contribution is 2.36. The quantitative estimate of drug-likeness (QED) is 0.621. The Morgan fingerprint density at radius 1 is 0.919 bits per heavy atom. The Balaban J connectivity index is 0.000000372. The standard InChI is InChI=1S/C24H28ClN5O.C5H11N/c1-31-24-27-21-14-29(22-7-3-4-17-18(22)5-2-6-20(17)25)11-10-19(21)23(28-24)30-12-15-8-9-16(13-30)26-15;1-6-4-2-3-5-6/h2-7,15-16,21,26H,8-14H2,1H3,(H,27,28);2-5H2,1H3. The van der Waals surface area contributed by atoms with E-state index < -0.39 is 0 Å². The van der Waals surface area contributed by atoms with Crippen LogP contribution in [0.15, 0.2) is 52.8 Å². The molecule has 0 amide bonds. The topological polar surface area (TPSA) is 55.4 Å². The fourth-order valence-electron chi connectivity index (χ4n) is 6.57. The van der Waals surface area contributed by atoms with Crippen molar-refractivity contribution < 1.29 is 4.74 Å². The Kier molecular flexibility index (Phi) is 7.19. The Labute approximate surface area is 225 Å². The predicted molar refractivity (Wildman–Crippen MR) is 152 cm³/mol. The molecule has 5 aliphatic heterocycles. The van der Waals surface area contributed by atoms with E-state index in [1.807, 2.05) is 12.1 Å². The maximum atomic E-state index is 6.47. The van der Waals surface area contributed by atoms with Gasteiger partial charge in [-0.05, 0) is 69.9 Å². The average Bonchev–Trinajstić information content (AvgIpc) is 3.55. The summed E-state index contributed by atoms with van der Waals surface area (Å²) in [6.07, 6.45) is 6.36. The second-order valence-electron chi connectivity index (χ2n) is 11.0. The second-order valence-corrected chi connectivity index (χ2v) is 11.4. The van der Waals surface area contributed by atoms with Gasteiger partial charge in [0.25, 0.3) is 6.02 Å². The van der Waals surface area contributed by atoms with Gasteiger partial charge in [-0.25, -0.2) is 4.99 Å². The number of anilines is 1. The molecule has 7 rings (SSSR count). The van der Waals surface area contributed by atoms with Gasteiger partial charge in [-0.3, -0.25) is 5.32 Å². The SMILES string of the molecule is CN1CCCC1.COC1=NC2CN(c3cccc4c(Cl)cccc34)CCC2=C(N2CC3CCC(C2)N3)N1. The Morgan fingerprint density at radius 2 is 1.65 bits per heavy atom. The van der Waals surface area contributed by atoms with Crippen LogP contribution in [0.5, 0.6) is 0 Å². The third kappa shape index (κ3) is 5.14. The first kappa shape index (κ1) is 24.8. The largest absolute Gasteiger partial charge is 0.468 e. The smallest absolute Gasteiger partial charge is 0.290 e. The number of halogens is 1. The van der Waals surface area contributed by atoms with Crippen LogP contribution in [0.2, 0.25) is 5.02 Å². The van der Waals surface area contributed by atoms with Gasteiger partial charge in [0, 0.05) is 59.7 Å². The van der Waals surface area contributed by atoms with E-state index in [0.29, 0.717) is 18.1 Å². The maximum Gasteiger partial charge on any atom is 0.290 e. The van der Waals surface area contributed by atoms with E-state index >= 15 is 0 Å². The minimum atomic E-state index is 0.0990. The molecule has 2 aromatic carbocycles. The molecule has 0 saturated carbocycles. The van der Waals surface area contributed by atoms with Gasteiger partial charge in [0.2, 0.25) is 0 Å². The van der Waals surface area contributed by atoms with Crippen molar-refractivity contribution in [3.63, 3.8) is 0 Å². The molecule has 0 spiro atoms. The molecule has 3 unspecified atom stereocenters. The van der Waals surface area contributed by atoms with Crippen molar-refractivity contribution in [2.24, 2.45) is 4.99 Å². The van der Waals surface area contributed by atoms with Crippen molar-refractivity contribution in [3.05, 3.63) is 52.8 Å². The lowest BCUT2D eigenvalue weighted by molar-refractivity contribution is 0.223. The number of nitrogens with zero attached hydrogens (tertiary/aromatic N) is 4. The summed E-state index contributed by atoms with van der Waals surface area (Å²) < 4.78 is 5.58. The van der Waals surface area contributed by atoms with Crippen molar-refractivity contribution in [2.75, 3.05) is 58.3 Å². The average molecular weight is 523 g/mol. The van der Waals surface area contributed by atoms with Gasteiger partial charge in [0.05, 0.1) is 13.2 Å². The van der Waals surface area contributed by atoms with E-state index in [1.54, 1.807) is 7.11 Å². The molecule has 3 atom stereocenters. The van der Waals surface area contributed by atoms with E-state index in [1.165, 1.54) is 61.2 Å². The predicted octanol–water partition coefficient (Wildman–Crippen LogP) is 4.04. The van der Waals surface area contributed by atoms with Gasteiger partial charge in [-0.2, -0.15) is 0 Å². The van der Waals surface area contributed by atoms with Gasteiger partial charge in [-0.1, -0.05) is 35.9 Å². The number of nitrogens with one attached hydrogen (secondary N) is 2. The minimum absolute atomic E-state index is 0.0990. The van der Waals surface area contributed by atoms with E-state index in [4.69, 9.17) is 21.3 Å². The summed E-state index contributed by atoms with van der Waals surface area (Å²) in [7, 11) is 3.87. The number of ether oxygens (including phenoxy) is 1. The minimum Gasteiger partial charge on any atom is -0.468 e. The zero-order valence-electron chi connectivity index (χ0n) is 22.0. The molecule has 2 N–H and O–H groups in total. The van der Waals surface area contributed by atoms with Crippen molar-refractivity contribution in [1.29, 1.82) is 0 Å². The molecule has 37 heavy (non-hydrogen) atoms. The van der Waals surface area contributed by atoms with E-state index in [2.05, 4.69) is 56.6 Å². The van der Waals surface area contributed by atoms with Crippen LogP contribution in [0.1, 0.15) is 32.1 Å². The van der Waals surface area contributed by atoms with Gasteiger partial charge in [-0.15, -0.1) is 0 Å². The zero-order chi connectivity index (χ0) is 25.4. The molecule has 198 valence electrons. The van der Waals surface area contributed by atoms with Crippen LogP contribution < -0.4 is 15.5 Å². The first-order valence-electron chi connectivity index (χ1n) is 13.8.